The lowest BCUT2D eigenvalue weighted by Gasteiger charge is -2.53. The van der Waals surface area contributed by atoms with Crippen molar-refractivity contribution in [3.63, 3.8) is 0 Å². The van der Waals surface area contributed by atoms with Crippen molar-refractivity contribution in [1.82, 2.24) is 0 Å². The Morgan fingerprint density at radius 2 is 1.82 bits per heavy atom. The molecule has 1 N–H and O–H groups in total. The molecule has 0 aromatic rings. The molecule has 0 spiro atoms. The molecular weight excluding hydrogens is 210 g/mol. The summed E-state index contributed by atoms with van der Waals surface area (Å²) in [5.41, 5.74) is -1.39. The normalized spacial score (nSPS) is 45.5. The van der Waals surface area contributed by atoms with Crippen molar-refractivity contribution < 1.29 is 5.11 Å². The van der Waals surface area contributed by atoms with Crippen LogP contribution in [-0.2, 0) is 0 Å². The molecule has 3 atom stereocenters. The van der Waals surface area contributed by atoms with Gasteiger partial charge in [0.05, 0.1) is 17.1 Å². The molecule has 96 valence electrons. The molecule has 0 heterocycles. The van der Waals surface area contributed by atoms with E-state index in [2.05, 4.69) is 26.8 Å². The minimum Gasteiger partial charge on any atom is -0.388 e. The van der Waals surface area contributed by atoms with Gasteiger partial charge in [-0.25, -0.2) is 0 Å². The van der Waals surface area contributed by atoms with Gasteiger partial charge in [-0.05, 0) is 43.4 Å². The molecule has 0 aliphatic heterocycles. The van der Waals surface area contributed by atoms with Crippen LogP contribution in [0.25, 0.3) is 0 Å². The van der Waals surface area contributed by atoms with E-state index in [9.17, 15) is 10.4 Å². The van der Waals surface area contributed by atoms with E-state index in [-0.39, 0.29) is 5.41 Å². The van der Waals surface area contributed by atoms with Crippen molar-refractivity contribution in [2.75, 3.05) is 0 Å². The zero-order chi connectivity index (χ0) is 12.7. The van der Waals surface area contributed by atoms with Gasteiger partial charge in [-0.15, -0.1) is 0 Å². The SMILES string of the molecule is CC1CCC(C#N)(C2(O)CCCCC2(C)C)C1. The fourth-order valence-corrected chi connectivity index (χ4v) is 4.24. The molecule has 2 heteroatoms. The van der Waals surface area contributed by atoms with Crippen molar-refractivity contribution in [3.8, 4) is 6.07 Å². The molecular formula is C15H25NO. The first-order valence-corrected chi connectivity index (χ1v) is 7.01. The van der Waals surface area contributed by atoms with Gasteiger partial charge in [0, 0.05) is 0 Å². The lowest BCUT2D eigenvalue weighted by Crippen LogP contribution is -2.58. The summed E-state index contributed by atoms with van der Waals surface area (Å²) < 4.78 is 0. The number of rotatable bonds is 1. The number of hydrogen-bond acceptors (Lipinski definition) is 2. The minimum absolute atomic E-state index is 0.120. The smallest absolute Gasteiger partial charge is 0.0883 e. The maximum atomic E-state index is 11.2. The van der Waals surface area contributed by atoms with Crippen LogP contribution in [-0.4, -0.2) is 10.7 Å². The highest BCUT2D eigenvalue weighted by Gasteiger charge is 2.61. The van der Waals surface area contributed by atoms with Gasteiger partial charge < -0.3 is 5.11 Å². The van der Waals surface area contributed by atoms with Crippen LogP contribution in [0.1, 0.15) is 65.7 Å². The molecule has 17 heavy (non-hydrogen) atoms. The van der Waals surface area contributed by atoms with Crippen LogP contribution >= 0.6 is 0 Å². The molecule has 2 rings (SSSR count). The molecule has 0 saturated heterocycles. The largest absolute Gasteiger partial charge is 0.388 e. The van der Waals surface area contributed by atoms with E-state index in [4.69, 9.17) is 0 Å². The number of nitriles is 1. The predicted octanol–water partition coefficient (Wildman–Crippen LogP) is 3.65. The van der Waals surface area contributed by atoms with E-state index in [1.807, 2.05) is 0 Å². The molecule has 2 nitrogen and oxygen atoms in total. The van der Waals surface area contributed by atoms with Crippen LogP contribution in [0.5, 0.6) is 0 Å². The maximum Gasteiger partial charge on any atom is 0.0883 e. The molecule has 0 aromatic heterocycles. The van der Waals surface area contributed by atoms with Gasteiger partial charge in [0.15, 0.2) is 0 Å². The first kappa shape index (κ1) is 12.9. The number of hydrogen-bond donors (Lipinski definition) is 1. The lowest BCUT2D eigenvalue weighted by atomic mass is 9.53. The summed E-state index contributed by atoms with van der Waals surface area (Å²) in [6.07, 6.45) is 6.95. The van der Waals surface area contributed by atoms with E-state index >= 15 is 0 Å². The Balaban J connectivity index is 2.39. The highest BCUT2D eigenvalue weighted by molar-refractivity contribution is 5.19. The summed E-state index contributed by atoms with van der Waals surface area (Å²) in [5.74, 6) is 0.580. The summed E-state index contributed by atoms with van der Waals surface area (Å²) in [5, 5.41) is 20.9. The van der Waals surface area contributed by atoms with Crippen LogP contribution in [0.4, 0.5) is 0 Å². The molecule has 0 radical (unpaired) electrons. The Kier molecular flexibility index (Phi) is 3.02. The second-order valence-corrected chi connectivity index (χ2v) is 6.99. The first-order chi connectivity index (χ1) is 7.87. The molecule has 2 aliphatic rings. The first-order valence-electron chi connectivity index (χ1n) is 7.01. The highest BCUT2D eigenvalue weighted by Crippen LogP contribution is 2.59. The summed E-state index contributed by atoms with van der Waals surface area (Å²) in [6, 6.07) is 2.52. The summed E-state index contributed by atoms with van der Waals surface area (Å²) in [7, 11) is 0. The standard InChI is InChI=1S/C15H25NO/c1-12-6-9-14(10-12,11-16)15(17)8-5-4-7-13(15,2)3/h12,17H,4-10H2,1-3H3. The minimum atomic E-state index is -0.780. The van der Waals surface area contributed by atoms with Crippen molar-refractivity contribution in [3.05, 3.63) is 0 Å². The van der Waals surface area contributed by atoms with Gasteiger partial charge in [-0.3, -0.25) is 0 Å². The fraction of sp³-hybridized carbons (Fsp3) is 0.933. The lowest BCUT2D eigenvalue weighted by molar-refractivity contribution is -0.163. The molecule has 2 fully saturated rings. The Hall–Kier alpha value is -0.550. The van der Waals surface area contributed by atoms with Crippen molar-refractivity contribution in [1.29, 1.82) is 5.26 Å². The van der Waals surface area contributed by atoms with Gasteiger partial charge in [-0.2, -0.15) is 5.26 Å². The van der Waals surface area contributed by atoms with E-state index < -0.39 is 11.0 Å². The Labute approximate surface area is 105 Å². The monoisotopic (exact) mass is 235 g/mol. The fourth-order valence-electron chi connectivity index (χ4n) is 4.24. The molecule has 0 amide bonds. The zero-order valence-electron chi connectivity index (χ0n) is 11.4. The molecule has 0 bridgehead atoms. The molecule has 2 aliphatic carbocycles. The quantitative estimate of drug-likeness (QED) is 0.754. The Morgan fingerprint density at radius 3 is 2.29 bits per heavy atom. The second-order valence-electron chi connectivity index (χ2n) is 6.99. The van der Waals surface area contributed by atoms with Gasteiger partial charge >= 0.3 is 0 Å². The third-order valence-electron chi connectivity index (χ3n) is 5.48. The van der Waals surface area contributed by atoms with E-state index in [0.717, 1.165) is 38.5 Å². The summed E-state index contributed by atoms with van der Waals surface area (Å²) >= 11 is 0. The van der Waals surface area contributed by atoms with Gasteiger partial charge in [0.1, 0.15) is 0 Å². The average Bonchev–Trinajstić information content (AvgIpc) is 2.66. The second kappa shape index (κ2) is 3.99. The zero-order valence-corrected chi connectivity index (χ0v) is 11.4. The van der Waals surface area contributed by atoms with Crippen LogP contribution in [0.15, 0.2) is 0 Å². The van der Waals surface area contributed by atoms with Gasteiger partial charge in [0.25, 0.3) is 0 Å². The topological polar surface area (TPSA) is 44.0 Å². The van der Waals surface area contributed by atoms with E-state index in [1.54, 1.807) is 0 Å². The van der Waals surface area contributed by atoms with Crippen LogP contribution < -0.4 is 0 Å². The maximum absolute atomic E-state index is 11.2. The van der Waals surface area contributed by atoms with Crippen LogP contribution in [0.3, 0.4) is 0 Å². The van der Waals surface area contributed by atoms with Crippen LogP contribution in [0, 0.1) is 28.1 Å². The third-order valence-corrected chi connectivity index (χ3v) is 5.48. The molecule has 0 aromatic carbocycles. The summed E-state index contributed by atoms with van der Waals surface area (Å²) in [6.45, 7) is 6.50. The van der Waals surface area contributed by atoms with Gasteiger partial charge in [0.2, 0.25) is 0 Å². The number of nitrogens with zero attached hydrogens (tertiary/aromatic N) is 1. The average molecular weight is 235 g/mol. The number of aliphatic hydroxyl groups is 1. The van der Waals surface area contributed by atoms with E-state index in [0.29, 0.717) is 5.92 Å². The van der Waals surface area contributed by atoms with E-state index in [1.165, 1.54) is 6.42 Å². The highest BCUT2D eigenvalue weighted by atomic mass is 16.3. The predicted molar refractivity (Wildman–Crippen MR) is 68.3 cm³/mol. The molecule has 3 unspecified atom stereocenters. The van der Waals surface area contributed by atoms with Crippen molar-refractivity contribution in [2.24, 2.45) is 16.7 Å². The molecule has 2 saturated carbocycles. The Morgan fingerprint density at radius 1 is 1.18 bits per heavy atom. The van der Waals surface area contributed by atoms with Gasteiger partial charge in [-0.1, -0.05) is 33.6 Å². The summed E-state index contributed by atoms with van der Waals surface area (Å²) in [4.78, 5) is 0. The van der Waals surface area contributed by atoms with Crippen molar-refractivity contribution in [2.45, 2.75) is 71.3 Å². The van der Waals surface area contributed by atoms with Crippen LogP contribution in [0.2, 0.25) is 0 Å². The third kappa shape index (κ3) is 1.71. The Bertz CT molecular complexity index is 343. The van der Waals surface area contributed by atoms with Crippen molar-refractivity contribution >= 4 is 0 Å².